The van der Waals surface area contributed by atoms with Crippen molar-refractivity contribution in [3.8, 4) is 0 Å². The number of benzene rings is 2. The lowest BCUT2D eigenvalue weighted by atomic mass is 10.0. The van der Waals surface area contributed by atoms with Crippen molar-refractivity contribution in [2.24, 2.45) is 0 Å². The fourth-order valence-electron chi connectivity index (χ4n) is 4.27. The molecule has 0 atom stereocenters. The summed E-state index contributed by atoms with van der Waals surface area (Å²) in [6.45, 7) is 8.31. The molecule has 2 aromatic rings. The number of nitrogens with zero attached hydrogens (tertiary/aromatic N) is 3. The minimum Gasteiger partial charge on any atom is -0.369 e. The van der Waals surface area contributed by atoms with Crippen LogP contribution in [0.3, 0.4) is 0 Å². The monoisotopic (exact) mass is 371 g/mol. The molecule has 26 heavy (non-hydrogen) atoms. The average Bonchev–Trinajstić information content (AvgIpc) is 2.70. The van der Waals surface area contributed by atoms with E-state index in [9.17, 15) is 0 Å². The summed E-state index contributed by atoms with van der Waals surface area (Å²) >= 11 is 0. The van der Waals surface area contributed by atoms with Gasteiger partial charge in [0, 0.05) is 44.5 Å². The van der Waals surface area contributed by atoms with Gasteiger partial charge in [0.1, 0.15) is 0 Å². The molecule has 2 aliphatic rings. The van der Waals surface area contributed by atoms with Crippen molar-refractivity contribution in [2.45, 2.75) is 25.4 Å². The molecule has 0 spiro atoms. The van der Waals surface area contributed by atoms with E-state index >= 15 is 0 Å². The van der Waals surface area contributed by atoms with Crippen LogP contribution in [-0.4, -0.2) is 55.1 Å². The van der Waals surface area contributed by atoms with Crippen LogP contribution in [0.2, 0.25) is 0 Å². The molecule has 0 unspecified atom stereocenters. The first-order valence-corrected chi connectivity index (χ1v) is 9.69. The SMILES string of the molecule is Cl.c1ccc(CN2CCC(N3CCN(c4ccccc4)CC3)CC2)cc1. The summed E-state index contributed by atoms with van der Waals surface area (Å²) < 4.78 is 0. The van der Waals surface area contributed by atoms with Gasteiger partial charge < -0.3 is 4.90 Å². The minimum atomic E-state index is 0. The molecule has 2 aromatic carbocycles. The topological polar surface area (TPSA) is 9.72 Å². The zero-order valence-corrected chi connectivity index (χ0v) is 16.3. The van der Waals surface area contributed by atoms with Gasteiger partial charge in [0.25, 0.3) is 0 Å². The summed E-state index contributed by atoms with van der Waals surface area (Å²) in [7, 11) is 0. The van der Waals surface area contributed by atoms with Crippen LogP contribution in [0.4, 0.5) is 5.69 Å². The zero-order chi connectivity index (χ0) is 16.9. The van der Waals surface area contributed by atoms with Crippen LogP contribution in [0.5, 0.6) is 0 Å². The smallest absolute Gasteiger partial charge is 0.0367 e. The maximum absolute atomic E-state index is 2.74. The Kier molecular flexibility index (Phi) is 6.95. The van der Waals surface area contributed by atoms with E-state index in [0.717, 1.165) is 25.7 Å². The number of piperazine rings is 1. The van der Waals surface area contributed by atoms with E-state index in [1.165, 1.54) is 50.3 Å². The Hall–Kier alpha value is -1.55. The van der Waals surface area contributed by atoms with Gasteiger partial charge in [-0.05, 0) is 43.6 Å². The number of piperidine rings is 1. The van der Waals surface area contributed by atoms with Crippen LogP contribution in [0.1, 0.15) is 18.4 Å². The van der Waals surface area contributed by atoms with Gasteiger partial charge in [-0.25, -0.2) is 0 Å². The molecule has 0 radical (unpaired) electrons. The molecule has 2 heterocycles. The van der Waals surface area contributed by atoms with Gasteiger partial charge in [-0.2, -0.15) is 0 Å². The van der Waals surface area contributed by atoms with Gasteiger partial charge in [0.2, 0.25) is 0 Å². The Morgan fingerprint density at radius 2 is 1.27 bits per heavy atom. The maximum Gasteiger partial charge on any atom is 0.0367 e. The second-order valence-corrected chi connectivity index (χ2v) is 7.35. The molecule has 0 aliphatic carbocycles. The van der Waals surface area contributed by atoms with Gasteiger partial charge in [-0.3, -0.25) is 9.80 Å². The highest BCUT2D eigenvalue weighted by Crippen LogP contribution is 2.22. The summed E-state index contributed by atoms with van der Waals surface area (Å²) in [5.41, 5.74) is 2.82. The van der Waals surface area contributed by atoms with Crippen LogP contribution in [0, 0.1) is 0 Å². The molecule has 0 N–H and O–H groups in total. The van der Waals surface area contributed by atoms with Gasteiger partial charge in [0.15, 0.2) is 0 Å². The van der Waals surface area contributed by atoms with E-state index < -0.39 is 0 Å². The van der Waals surface area contributed by atoms with Crippen molar-refractivity contribution < 1.29 is 0 Å². The zero-order valence-electron chi connectivity index (χ0n) is 15.5. The first kappa shape index (κ1) is 19.2. The molecule has 0 bridgehead atoms. The number of hydrogen-bond donors (Lipinski definition) is 0. The third-order valence-electron chi connectivity index (χ3n) is 5.76. The standard InChI is InChI=1S/C22H29N3.ClH/c1-3-7-20(8-4-1)19-23-13-11-22(12-14-23)25-17-15-24(16-18-25)21-9-5-2-6-10-21;/h1-10,22H,11-19H2;1H. The fraction of sp³-hybridized carbons (Fsp3) is 0.455. The normalized spacial score (nSPS) is 19.9. The summed E-state index contributed by atoms with van der Waals surface area (Å²) in [5, 5.41) is 0. The van der Waals surface area contributed by atoms with Crippen molar-refractivity contribution in [3.05, 3.63) is 66.2 Å². The van der Waals surface area contributed by atoms with Crippen molar-refractivity contribution >= 4 is 18.1 Å². The van der Waals surface area contributed by atoms with Crippen LogP contribution in [0.15, 0.2) is 60.7 Å². The second-order valence-electron chi connectivity index (χ2n) is 7.35. The van der Waals surface area contributed by atoms with Crippen molar-refractivity contribution in [1.29, 1.82) is 0 Å². The Labute approximate surface area is 164 Å². The number of halogens is 1. The molecule has 0 amide bonds. The van der Waals surface area contributed by atoms with Gasteiger partial charge >= 0.3 is 0 Å². The number of hydrogen-bond acceptors (Lipinski definition) is 3. The second kappa shape index (κ2) is 9.40. The first-order valence-electron chi connectivity index (χ1n) is 9.69. The van der Waals surface area contributed by atoms with Gasteiger partial charge in [-0.1, -0.05) is 48.5 Å². The van der Waals surface area contributed by atoms with Crippen LogP contribution in [-0.2, 0) is 6.54 Å². The number of likely N-dealkylation sites (tertiary alicyclic amines) is 1. The Balaban J connectivity index is 0.00000196. The van der Waals surface area contributed by atoms with Crippen molar-refractivity contribution in [2.75, 3.05) is 44.2 Å². The number of para-hydroxylation sites is 1. The van der Waals surface area contributed by atoms with Crippen LogP contribution < -0.4 is 4.90 Å². The summed E-state index contributed by atoms with van der Waals surface area (Å²) in [6.07, 6.45) is 2.64. The number of rotatable bonds is 4. The van der Waals surface area contributed by atoms with Gasteiger partial charge in [0.05, 0.1) is 0 Å². The molecule has 4 heteroatoms. The fourth-order valence-corrected chi connectivity index (χ4v) is 4.27. The maximum atomic E-state index is 2.74. The lowest BCUT2D eigenvalue weighted by Crippen LogP contribution is -2.53. The van der Waals surface area contributed by atoms with E-state index in [4.69, 9.17) is 0 Å². The third-order valence-corrected chi connectivity index (χ3v) is 5.76. The Morgan fingerprint density at radius 1 is 0.692 bits per heavy atom. The van der Waals surface area contributed by atoms with E-state index in [0.29, 0.717) is 0 Å². The van der Waals surface area contributed by atoms with Crippen molar-refractivity contribution in [3.63, 3.8) is 0 Å². The summed E-state index contributed by atoms with van der Waals surface area (Å²) in [6, 6.07) is 22.5. The van der Waals surface area contributed by atoms with E-state index in [1.807, 2.05) is 0 Å². The van der Waals surface area contributed by atoms with E-state index in [1.54, 1.807) is 0 Å². The summed E-state index contributed by atoms with van der Waals surface area (Å²) in [4.78, 5) is 7.88. The largest absolute Gasteiger partial charge is 0.369 e. The van der Waals surface area contributed by atoms with Crippen LogP contribution >= 0.6 is 12.4 Å². The lowest BCUT2D eigenvalue weighted by molar-refractivity contribution is 0.0998. The molecule has 2 saturated heterocycles. The van der Waals surface area contributed by atoms with Crippen molar-refractivity contribution in [1.82, 2.24) is 9.80 Å². The highest BCUT2D eigenvalue weighted by molar-refractivity contribution is 5.85. The minimum absolute atomic E-state index is 0. The molecule has 2 fully saturated rings. The molecule has 2 aliphatic heterocycles. The lowest BCUT2D eigenvalue weighted by Gasteiger charge is -2.43. The van der Waals surface area contributed by atoms with E-state index in [-0.39, 0.29) is 12.4 Å². The number of anilines is 1. The molecule has 4 rings (SSSR count). The predicted octanol–water partition coefficient (Wildman–Crippen LogP) is 3.90. The molecule has 0 saturated carbocycles. The van der Waals surface area contributed by atoms with Crippen LogP contribution in [0.25, 0.3) is 0 Å². The first-order chi connectivity index (χ1) is 12.4. The highest BCUT2D eigenvalue weighted by Gasteiger charge is 2.27. The Morgan fingerprint density at radius 3 is 1.88 bits per heavy atom. The highest BCUT2D eigenvalue weighted by atomic mass is 35.5. The van der Waals surface area contributed by atoms with E-state index in [2.05, 4.69) is 75.4 Å². The third kappa shape index (κ3) is 4.79. The quantitative estimate of drug-likeness (QED) is 0.807. The average molecular weight is 372 g/mol. The molecule has 3 nitrogen and oxygen atoms in total. The summed E-state index contributed by atoms with van der Waals surface area (Å²) in [5.74, 6) is 0. The molecular weight excluding hydrogens is 342 g/mol. The molecular formula is C22H30ClN3. The predicted molar refractivity (Wildman–Crippen MR) is 112 cm³/mol. The Bertz CT molecular complexity index is 633. The van der Waals surface area contributed by atoms with Gasteiger partial charge in [-0.15, -0.1) is 12.4 Å². The molecule has 0 aromatic heterocycles. The molecule has 140 valence electrons.